The first-order valence-electron chi connectivity index (χ1n) is 7.52. The zero-order valence-corrected chi connectivity index (χ0v) is 15.3. The molecule has 3 aromatic rings. The van der Waals surface area contributed by atoms with E-state index in [1.165, 1.54) is 24.3 Å². The molecule has 2 aromatic carbocycles. The van der Waals surface area contributed by atoms with Crippen molar-refractivity contribution in [3.63, 3.8) is 0 Å². The van der Waals surface area contributed by atoms with Crippen LogP contribution in [0.15, 0.2) is 42.5 Å². The Labute approximate surface area is 153 Å². The molecule has 0 aliphatic carbocycles. The van der Waals surface area contributed by atoms with Gasteiger partial charge in [0, 0.05) is 5.69 Å². The summed E-state index contributed by atoms with van der Waals surface area (Å²) >= 11 is 6.55. The summed E-state index contributed by atoms with van der Waals surface area (Å²) in [6.07, 6.45) is 0. The standard InChI is InChI=1S/C18H16FN3OS2/c1-10-3-8-14(11(2)9-10)22-16(20)15(25-18(22)24)17(23)21-13-6-4-12(19)5-7-13/h3-9H,20H2,1-2H3,(H,21,23). The number of nitrogens with zero attached hydrogens (tertiary/aromatic N) is 1. The highest BCUT2D eigenvalue weighted by Crippen LogP contribution is 2.29. The van der Waals surface area contributed by atoms with Gasteiger partial charge in [-0.3, -0.25) is 9.36 Å². The van der Waals surface area contributed by atoms with E-state index >= 15 is 0 Å². The van der Waals surface area contributed by atoms with Crippen LogP contribution in [0.5, 0.6) is 0 Å². The van der Waals surface area contributed by atoms with Crippen LogP contribution in [0.25, 0.3) is 5.69 Å². The van der Waals surface area contributed by atoms with E-state index in [9.17, 15) is 9.18 Å². The van der Waals surface area contributed by atoms with Gasteiger partial charge in [0.1, 0.15) is 16.5 Å². The number of carbonyl (C=O) groups excluding carboxylic acids is 1. The van der Waals surface area contributed by atoms with Crippen molar-refractivity contribution in [2.24, 2.45) is 0 Å². The number of thiazole rings is 1. The van der Waals surface area contributed by atoms with Crippen LogP contribution in [0.3, 0.4) is 0 Å². The van der Waals surface area contributed by atoms with Gasteiger partial charge in [-0.15, -0.1) is 0 Å². The lowest BCUT2D eigenvalue weighted by atomic mass is 10.1. The molecule has 0 atom stereocenters. The van der Waals surface area contributed by atoms with E-state index in [-0.39, 0.29) is 11.7 Å². The third-order valence-electron chi connectivity index (χ3n) is 3.75. The lowest BCUT2D eigenvalue weighted by Crippen LogP contribution is -2.13. The predicted molar refractivity (Wildman–Crippen MR) is 103 cm³/mol. The predicted octanol–water partition coefficient (Wildman–Crippen LogP) is 4.86. The number of rotatable bonds is 3. The second-order valence-electron chi connectivity index (χ2n) is 5.67. The molecule has 7 heteroatoms. The van der Waals surface area contributed by atoms with Crippen LogP contribution in [-0.2, 0) is 0 Å². The van der Waals surface area contributed by atoms with Gasteiger partial charge in [0.25, 0.3) is 5.91 Å². The molecule has 128 valence electrons. The average molecular weight is 373 g/mol. The Bertz CT molecular complexity index is 1010. The highest BCUT2D eigenvalue weighted by molar-refractivity contribution is 7.73. The summed E-state index contributed by atoms with van der Waals surface area (Å²) in [6.45, 7) is 3.98. The van der Waals surface area contributed by atoms with Crippen molar-refractivity contribution >= 4 is 41.0 Å². The van der Waals surface area contributed by atoms with E-state index in [1.807, 2.05) is 32.0 Å². The maximum Gasteiger partial charge on any atom is 0.269 e. The third-order valence-corrected chi connectivity index (χ3v) is 5.14. The van der Waals surface area contributed by atoms with Crippen LogP contribution in [0.1, 0.15) is 20.8 Å². The summed E-state index contributed by atoms with van der Waals surface area (Å²) in [5.41, 5.74) is 9.70. The van der Waals surface area contributed by atoms with Crippen molar-refractivity contribution in [1.29, 1.82) is 0 Å². The largest absolute Gasteiger partial charge is 0.383 e. The molecule has 0 saturated heterocycles. The average Bonchev–Trinajstić information content (AvgIpc) is 2.85. The molecule has 0 saturated carbocycles. The lowest BCUT2D eigenvalue weighted by Gasteiger charge is -2.10. The first-order chi connectivity index (χ1) is 11.9. The summed E-state index contributed by atoms with van der Waals surface area (Å²) < 4.78 is 15.2. The van der Waals surface area contributed by atoms with Crippen molar-refractivity contribution in [3.05, 3.63) is 68.2 Å². The summed E-state index contributed by atoms with van der Waals surface area (Å²) in [5.74, 6) is -0.445. The molecule has 0 unspecified atom stereocenters. The number of hydrogen-bond donors (Lipinski definition) is 2. The topological polar surface area (TPSA) is 60.0 Å². The number of hydrogen-bond acceptors (Lipinski definition) is 4. The van der Waals surface area contributed by atoms with E-state index < -0.39 is 0 Å². The van der Waals surface area contributed by atoms with E-state index in [0.29, 0.717) is 20.3 Å². The minimum atomic E-state index is -0.372. The second-order valence-corrected chi connectivity index (χ2v) is 7.31. The van der Waals surface area contributed by atoms with Crippen molar-refractivity contribution in [2.75, 3.05) is 11.1 Å². The molecule has 0 aliphatic heterocycles. The molecule has 0 aliphatic rings. The Morgan fingerprint density at radius 2 is 1.88 bits per heavy atom. The van der Waals surface area contributed by atoms with Crippen molar-refractivity contribution in [1.82, 2.24) is 4.57 Å². The Hall–Kier alpha value is -2.51. The Balaban J connectivity index is 1.97. The molecule has 0 fully saturated rings. The first-order valence-corrected chi connectivity index (χ1v) is 8.75. The van der Waals surface area contributed by atoms with Crippen LogP contribution < -0.4 is 11.1 Å². The number of nitrogen functional groups attached to an aromatic ring is 1. The molecule has 0 radical (unpaired) electrons. The molecule has 25 heavy (non-hydrogen) atoms. The monoisotopic (exact) mass is 373 g/mol. The number of nitrogens with one attached hydrogen (secondary N) is 1. The number of nitrogens with two attached hydrogens (primary N) is 1. The van der Waals surface area contributed by atoms with Crippen LogP contribution in [0.4, 0.5) is 15.9 Å². The van der Waals surface area contributed by atoms with Gasteiger partial charge in [-0.05, 0) is 62.0 Å². The zero-order valence-electron chi connectivity index (χ0n) is 13.7. The molecule has 1 aromatic heterocycles. The Morgan fingerprint density at radius 3 is 2.52 bits per heavy atom. The van der Waals surface area contributed by atoms with Crippen molar-refractivity contribution in [2.45, 2.75) is 13.8 Å². The third kappa shape index (κ3) is 3.47. The fourth-order valence-electron chi connectivity index (χ4n) is 2.55. The number of aryl methyl sites for hydroxylation is 2. The van der Waals surface area contributed by atoms with Crippen molar-refractivity contribution < 1.29 is 9.18 Å². The molecular formula is C18H16FN3OS2. The second kappa shape index (κ2) is 6.78. The van der Waals surface area contributed by atoms with Gasteiger partial charge in [0.2, 0.25) is 0 Å². The van der Waals surface area contributed by atoms with E-state index in [4.69, 9.17) is 18.0 Å². The van der Waals surface area contributed by atoms with Gasteiger partial charge >= 0.3 is 0 Å². The maximum atomic E-state index is 13.0. The summed E-state index contributed by atoms with van der Waals surface area (Å²) in [6, 6.07) is 11.5. The van der Waals surface area contributed by atoms with Crippen LogP contribution >= 0.6 is 23.6 Å². The number of benzene rings is 2. The van der Waals surface area contributed by atoms with Gasteiger partial charge in [0.05, 0.1) is 5.69 Å². The highest BCUT2D eigenvalue weighted by atomic mass is 32.1. The molecule has 1 heterocycles. The Morgan fingerprint density at radius 1 is 1.20 bits per heavy atom. The quantitative estimate of drug-likeness (QED) is 0.645. The molecule has 1 amide bonds. The SMILES string of the molecule is Cc1ccc(-n2c(N)c(C(=O)Nc3ccc(F)cc3)sc2=S)c(C)c1. The van der Waals surface area contributed by atoms with E-state index in [0.717, 1.165) is 28.2 Å². The van der Waals surface area contributed by atoms with Crippen LogP contribution in [0.2, 0.25) is 0 Å². The summed E-state index contributed by atoms with van der Waals surface area (Å²) in [7, 11) is 0. The minimum Gasteiger partial charge on any atom is -0.383 e. The molecule has 3 rings (SSSR count). The van der Waals surface area contributed by atoms with E-state index in [1.54, 1.807) is 4.57 Å². The van der Waals surface area contributed by atoms with Gasteiger partial charge in [-0.1, -0.05) is 29.0 Å². The van der Waals surface area contributed by atoms with Crippen LogP contribution in [-0.4, -0.2) is 10.5 Å². The normalized spacial score (nSPS) is 10.7. The fraction of sp³-hybridized carbons (Fsp3) is 0.111. The Kier molecular flexibility index (Phi) is 4.69. The minimum absolute atomic E-state index is 0.293. The zero-order chi connectivity index (χ0) is 18.1. The van der Waals surface area contributed by atoms with Gasteiger partial charge in [-0.25, -0.2) is 4.39 Å². The van der Waals surface area contributed by atoms with Crippen LogP contribution in [0, 0.1) is 23.6 Å². The molecular weight excluding hydrogens is 357 g/mol. The number of amides is 1. The smallest absolute Gasteiger partial charge is 0.269 e. The number of aromatic nitrogens is 1. The summed E-state index contributed by atoms with van der Waals surface area (Å²) in [4.78, 5) is 12.8. The van der Waals surface area contributed by atoms with Gasteiger partial charge < -0.3 is 11.1 Å². The molecule has 0 bridgehead atoms. The lowest BCUT2D eigenvalue weighted by molar-refractivity contribution is 0.103. The number of halogens is 1. The van der Waals surface area contributed by atoms with Gasteiger partial charge in [0.15, 0.2) is 3.95 Å². The maximum absolute atomic E-state index is 13.0. The number of anilines is 2. The summed E-state index contributed by atoms with van der Waals surface area (Å²) in [5, 5.41) is 2.71. The fourth-order valence-corrected chi connectivity index (χ4v) is 3.80. The highest BCUT2D eigenvalue weighted by Gasteiger charge is 2.19. The molecule has 3 N–H and O–H groups in total. The molecule has 4 nitrogen and oxygen atoms in total. The first kappa shape index (κ1) is 17.3. The van der Waals surface area contributed by atoms with Gasteiger partial charge in [-0.2, -0.15) is 0 Å². The van der Waals surface area contributed by atoms with E-state index in [2.05, 4.69) is 5.32 Å². The molecule has 0 spiro atoms. The van der Waals surface area contributed by atoms with Crippen molar-refractivity contribution in [3.8, 4) is 5.69 Å². The number of carbonyl (C=O) groups is 1.